The van der Waals surface area contributed by atoms with E-state index in [4.69, 9.17) is 0 Å². The van der Waals surface area contributed by atoms with Crippen molar-refractivity contribution in [1.29, 1.82) is 0 Å². The summed E-state index contributed by atoms with van der Waals surface area (Å²) in [7, 11) is 0. The first kappa shape index (κ1) is 25.2. The van der Waals surface area contributed by atoms with Crippen LogP contribution in [0.4, 0.5) is 0 Å². The van der Waals surface area contributed by atoms with E-state index in [0.717, 1.165) is 31.3 Å². The van der Waals surface area contributed by atoms with Crippen LogP contribution in [0.3, 0.4) is 0 Å². The van der Waals surface area contributed by atoms with E-state index in [1.165, 1.54) is 5.57 Å². The lowest BCUT2D eigenvalue weighted by Gasteiger charge is -2.68. The van der Waals surface area contributed by atoms with Gasteiger partial charge in [-0.1, -0.05) is 45.4 Å². The van der Waals surface area contributed by atoms with E-state index >= 15 is 0 Å². The Kier molecular flexibility index (Phi) is 5.26. The monoisotopic (exact) mass is 484 g/mol. The molecule has 0 aromatic heterocycles. The van der Waals surface area contributed by atoms with Crippen LogP contribution in [0.5, 0.6) is 0 Å². The normalized spacial score (nSPS) is 53.4. The van der Waals surface area contributed by atoms with Crippen molar-refractivity contribution >= 4 is 11.8 Å². The molecule has 0 aromatic carbocycles. The average Bonchev–Trinajstić information content (AvgIpc) is 2.79. The van der Waals surface area contributed by atoms with Gasteiger partial charge in [-0.2, -0.15) is 0 Å². The number of carboxylic acid groups (broad SMARTS) is 1. The highest BCUT2D eigenvalue weighted by molar-refractivity contribution is 5.93. The fourth-order valence-corrected chi connectivity index (χ4v) is 9.77. The zero-order valence-electron chi connectivity index (χ0n) is 22.4. The third-order valence-corrected chi connectivity index (χ3v) is 12.6. The molecule has 0 saturated heterocycles. The van der Waals surface area contributed by atoms with Crippen LogP contribution in [-0.4, -0.2) is 39.8 Å². The van der Waals surface area contributed by atoms with Gasteiger partial charge in [0, 0.05) is 11.8 Å². The number of hydrogen-bond acceptors (Lipinski definition) is 4. The Balaban J connectivity index is 1.68. The quantitative estimate of drug-likeness (QED) is 0.494. The Labute approximate surface area is 210 Å². The Bertz CT molecular complexity index is 1040. The van der Waals surface area contributed by atoms with Crippen LogP contribution in [0.25, 0.3) is 0 Å². The minimum absolute atomic E-state index is 0.0286. The molecular formula is C30H44O5. The van der Waals surface area contributed by atoms with Crippen LogP contribution in [0, 0.1) is 44.3 Å². The summed E-state index contributed by atoms with van der Waals surface area (Å²) in [6.07, 6.45) is 9.63. The number of carbonyl (C=O) groups excluding carboxylic acids is 1. The molecule has 0 spiro atoms. The van der Waals surface area contributed by atoms with E-state index in [1.54, 1.807) is 0 Å². The summed E-state index contributed by atoms with van der Waals surface area (Å²) in [5.41, 5.74) is -0.378. The van der Waals surface area contributed by atoms with E-state index < -0.39 is 28.3 Å². The lowest BCUT2D eigenvalue weighted by atomic mass is 9.35. The van der Waals surface area contributed by atoms with Crippen molar-refractivity contribution < 1.29 is 24.9 Å². The fraction of sp³-hybridized carbons (Fsp3) is 0.800. The van der Waals surface area contributed by atoms with E-state index in [0.29, 0.717) is 31.5 Å². The maximum Gasteiger partial charge on any atom is 0.309 e. The number of carboxylic acids is 1. The minimum atomic E-state index is -0.791. The van der Waals surface area contributed by atoms with Gasteiger partial charge in [-0.3, -0.25) is 9.59 Å². The molecule has 5 aliphatic rings. The number of aliphatic hydroxyl groups excluding tert-OH is 2. The summed E-state index contributed by atoms with van der Waals surface area (Å²) >= 11 is 0. The van der Waals surface area contributed by atoms with Crippen LogP contribution < -0.4 is 0 Å². The van der Waals surface area contributed by atoms with Crippen molar-refractivity contribution in [2.24, 2.45) is 44.3 Å². The number of aliphatic carboxylic acids is 1. The molecule has 5 aliphatic carbocycles. The second-order valence-corrected chi connectivity index (χ2v) is 14.3. The molecule has 0 radical (unpaired) electrons. The van der Waals surface area contributed by atoms with Crippen molar-refractivity contribution in [3.05, 3.63) is 23.3 Å². The maximum atomic E-state index is 14.2. The summed E-state index contributed by atoms with van der Waals surface area (Å²) in [5, 5.41) is 31.3. The van der Waals surface area contributed by atoms with Crippen molar-refractivity contribution in [2.45, 2.75) is 99.0 Å². The number of aliphatic hydroxyl groups is 2. The number of rotatable bonds is 2. The molecule has 0 aromatic rings. The Morgan fingerprint density at radius 2 is 1.69 bits per heavy atom. The van der Waals surface area contributed by atoms with Gasteiger partial charge in [0.1, 0.15) is 5.78 Å². The summed E-state index contributed by atoms with van der Waals surface area (Å²) < 4.78 is 0. The van der Waals surface area contributed by atoms with Gasteiger partial charge < -0.3 is 15.3 Å². The maximum absolute atomic E-state index is 14.2. The van der Waals surface area contributed by atoms with Gasteiger partial charge in [0.2, 0.25) is 0 Å². The molecule has 0 amide bonds. The Morgan fingerprint density at radius 3 is 2.31 bits per heavy atom. The molecule has 0 heterocycles. The third-order valence-electron chi connectivity index (χ3n) is 12.6. The Hall–Kier alpha value is -1.46. The lowest BCUT2D eigenvalue weighted by molar-refractivity contribution is -0.198. The van der Waals surface area contributed by atoms with Gasteiger partial charge in [-0.25, -0.2) is 0 Å². The first-order valence-electron chi connectivity index (χ1n) is 13.6. The minimum Gasteiger partial charge on any atom is -0.481 e. The summed E-state index contributed by atoms with van der Waals surface area (Å²) in [6.45, 7) is 12.8. The Morgan fingerprint density at radius 1 is 1.00 bits per heavy atom. The van der Waals surface area contributed by atoms with Gasteiger partial charge in [-0.15, -0.1) is 0 Å². The second kappa shape index (κ2) is 7.31. The molecule has 5 nitrogen and oxygen atoms in total. The lowest BCUT2D eigenvalue weighted by Crippen LogP contribution is -2.65. The van der Waals surface area contributed by atoms with E-state index in [1.807, 2.05) is 13.8 Å². The SMILES string of the molecule is C[C@@]1(C(=O)O)CC[C@]2(C)CC(=O)[C@]3(C)C(=C2C1)C=C[C@@H]1[C@@]2(C)CC[C@H](O)[C@@](C)(CO)[C@@H]2CC[C@]13C. The first-order valence-corrected chi connectivity index (χ1v) is 13.6. The third kappa shape index (κ3) is 2.89. The van der Waals surface area contributed by atoms with Crippen molar-refractivity contribution in [3.63, 3.8) is 0 Å². The van der Waals surface area contributed by atoms with Gasteiger partial charge >= 0.3 is 5.97 Å². The molecule has 5 heteroatoms. The van der Waals surface area contributed by atoms with Crippen LogP contribution in [-0.2, 0) is 9.59 Å². The number of Topliss-reactive ketones (excluding diaryl/α,β-unsaturated/α-hetero) is 1. The molecular weight excluding hydrogens is 440 g/mol. The van der Waals surface area contributed by atoms with Crippen LogP contribution in [0.15, 0.2) is 23.3 Å². The molecule has 0 bridgehead atoms. The molecule has 3 N–H and O–H groups in total. The van der Waals surface area contributed by atoms with Gasteiger partial charge in [0.05, 0.1) is 23.5 Å². The summed E-state index contributed by atoms with van der Waals surface area (Å²) in [5.74, 6) is -0.105. The average molecular weight is 485 g/mol. The molecule has 0 aliphatic heterocycles. The first-order chi connectivity index (χ1) is 16.1. The van der Waals surface area contributed by atoms with Crippen LogP contribution in [0.1, 0.15) is 92.9 Å². The zero-order valence-corrected chi connectivity index (χ0v) is 22.4. The largest absolute Gasteiger partial charge is 0.481 e. The van der Waals surface area contributed by atoms with Crippen molar-refractivity contribution in [1.82, 2.24) is 0 Å². The molecule has 35 heavy (non-hydrogen) atoms. The number of hydrogen-bond donors (Lipinski definition) is 3. The number of ketones is 1. The van der Waals surface area contributed by atoms with Crippen LogP contribution >= 0.6 is 0 Å². The predicted octanol–water partition coefficient (Wildman–Crippen LogP) is 5.31. The standard InChI is InChI=1S/C30H44O5/c1-25-13-14-26(2,24(34)35)15-19(25)18-7-8-21-27(3)11-10-22(32)28(4,17-31)20(27)9-12-29(21,5)30(18,6)23(33)16-25/h7-8,20-22,31-32H,9-17H2,1-6H3,(H,34,35)/t20-,21-,22+,25-,26-,27+,28+,29-,30+/m1/s1. The highest BCUT2D eigenvalue weighted by atomic mass is 16.4. The fourth-order valence-electron chi connectivity index (χ4n) is 9.77. The molecule has 5 rings (SSSR count). The van der Waals surface area contributed by atoms with E-state index in [9.17, 15) is 24.9 Å². The highest BCUT2D eigenvalue weighted by Gasteiger charge is 2.69. The number of allylic oxidation sites excluding steroid dienone is 4. The molecule has 3 saturated carbocycles. The number of carbonyl (C=O) groups is 2. The van der Waals surface area contributed by atoms with Crippen LogP contribution in [0.2, 0.25) is 0 Å². The molecule has 3 fully saturated rings. The zero-order chi connectivity index (χ0) is 25.8. The second-order valence-electron chi connectivity index (χ2n) is 14.3. The number of fused-ring (bicyclic) bond motifs is 6. The molecule has 0 unspecified atom stereocenters. The highest BCUT2D eigenvalue weighted by Crippen LogP contribution is 2.73. The van der Waals surface area contributed by atoms with Crippen molar-refractivity contribution in [2.75, 3.05) is 6.61 Å². The topological polar surface area (TPSA) is 94.8 Å². The molecule has 194 valence electrons. The van der Waals surface area contributed by atoms with Gasteiger partial charge in [-0.05, 0) is 92.4 Å². The smallest absolute Gasteiger partial charge is 0.309 e. The summed E-state index contributed by atoms with van der Waals surface area (Å²) in [6, 6.07) is 0. The van der Waals surface area contributed by atoms with Gasteiger partial charge in [0.25, 0.3) is 0 Å². The molecule has 9 atom stereocenters. The van der Waals surface area contributed by atoms with Crippen molar-refractivity contribution in [3.8, 4) is 0 Å². The van der Waals surface area contributed by atoms with E-state index in [-0.39, 0.29) is 34.7 Å². The van der Waals surface area contributed by atoms with Gasteiger partial charge in [0.15, 0.2) is 0 Å². The van der Waals surface area contributed by atoms with E-state index in [2.05, 4.69) is 39.8 Å². The predicted molar refractivity (Wildman–Crippen MR) is 134 cm³/mol. The summed E-state index contributed by atoms with van der Waals surface area (Å²) in [4.78, 5) is 26.4.